The van der Waals surface area contributed by atoms with Crippen molar-refractivity contribution in [3.05, 3.63) is 33.8 Å². The number of rotatable bonds is 1. The fourth-order valence-corrected chi connectivity index (χ4v) is 4.17. The summed E-state index contributed by atoms with van der Waals surface area (Å²) in [5, 5.41) is 0. The molecule has 3 atom stereocenters. The lowest BCUT2D eigenvalue weighted by atomic mass is 9.85. The van der Waals surface area contributed by atoms with E-state index in [0.29, 0.717) is 12.1 Å². The molecule has 0 spiro atoms. The molecule has 0 bridgehead atoms. The number of likely N-dealkylation sites (tertiary alicyclic amines) is 1. The van der Waals surface area contributed by atoms with Gasteiger partial charge in [-0.05, 0) is 62.3 Å². The first-order valence-electron chi connectivity index (χ1n) is 7.42. The van der Waals surface area contributed by atoms with Crippen molar-refractivity contribution in [1.82, 2.24) is 4.90 Å². The fraction of sp³-hybridized carbons (Fsp3) is 0.625. The average Bonchev–Trinajstić information content (AvgIpc) is 2.38. The topological polar surface area (TPSA) is 29.3 Å². The van der Waals surface area contributed by atoms with E-state index in [1.54, 1.807) is 5.56 Å². The van der Waals surface area contributed by atoms with E-state index in [1.165, 1.54) is 35.8 Å². The third-order valence-corrected chi connectivity index (χ3v) is 5.30. The predicted molar refractivity (Wildman–Crippen MR) is 83.3 cm³/mol. The number of fused-ring (bicyclic) bond motifs is 1. The van der Waals surface area contributed by atoms with Crippen LogP contribution in [0.25, 0.3) is 0 Å². The predicted octanol–water partition coefficient (Wildman–Crippen LogP) is 3.12. The molecule has 1 aliphatic heterocycles. The minimum absolute atomic E-state index is 0.415. The van der Waals surface area contributed by atoms with Gasteiger partial charge in [0.15, 0.2) is 0 Å². The Morgan fingerprint density at radius 3 is 2.89 bits per heavy atom. The molecule has 104 valence electrons. The molecule has 3 rings (SSSR count). The van der Waals surface area contributed by atoms with Crippen molar-refractivity contribution in [2.24, 2.45) is 5.73 Å². The highest BCUT2D eigenvalue weighted by Gasteiger charge is 2.31. The first-order chi connectivity index (χ1) is 9.13. The molecule has 1 saturated heterocycles. The van der Waals surface area contributed by atoms with Gasteiger partial charge >= 0.3 is 0 Å². The van der Waals surface area contributed by atoms with Crippen molar-refractivity contribution < 1.29 is 0 Å². The lowest BCUT2D eigenvalue weighted by molar-refractivity contribution is 0.0874. The molecular weight excluding hydrogens is 300 g/mol. The number of nitrogens with two attached hydrogens (primary N) is 1. The van der Waals surface area contributed by atoms with Gasteiger partial charge in [0.2, 0.25) is 0 Å². The Morgan fingerprint density at radius 1 is 1.26 bits per heavy atom. The highest BCUT2D eigenvalue weighted by atomic mass is 79.9. The van der Waals surface area contributed by atoms with E-state index in [2.05, 4.69) is 46.0 Å². The van der Waals surface area contributed by atoms with Crippen LogP contribution < -0.4 is 5.73 Å². The highest BCUT2D eigenvalue weighted by molar-refractivity contribution is 9.10. The monoisotopic (exact) mass is 322 g/mol. The largest absolute Gasteiger partial charge is 0.328 e. The van der Waals surface area contributed by atoms with Crippen LogP contribution in [0.5, 0.6) is 0 Å². The molecule has 1 aromatic carbocycles. The molecule has 0 radical (unpaired) electrons. The van der Waals surface area contributed by atoms with Gasteiger partial charge in [-0.2, -0.15) is 0 Å². The quantitative estimate of drug-likeness (QED) is 0.860. The molecule has 19 heavy (non-hydrogen) atoms. The van der Waals surface area contributed by atoms with E-state index in [9.17, 15) is 0 Å². The zero-order valence-electron chi connectivity index (χ0n) is 11.6. The summed E-state index contributed by atoms with van der Waals surface area (Å²) in [6.45, 7) is 3.52. The van der Waals surface area contributed by atoms with Gasteiger partial charge in [-0.15, -0.1) is 0 Å². The van der Waals surface area contributed by atoms with Crippen molar-refractivity contribution in [2.75, 3.05) is 6.54 Å². The van der Waals surface area contributed by atoms with Crippen molar-refractivity contribution in [1.29, 1.82) is 0 Å². The van der Waals surface area contributed by atoms with Crippen LogP contribution in [0, 0.1) is 0 Å². The lowest BCUT2D eigenvalue weighted by Gasteiger charge is -2.43. The van der Waals surface area contributed by atoms with Crippen LogP contribution in [0.1, 0.15) is 37.3 Å². The lowest BCUT2D eigenvalue weighted by Crippen LogP contribution is -2.51. The van der Waals surface area contributed by atoms with Gasteiger partial charge < -0.3 is 5.73 Å². The normalized spacial score (nSPS) is 32.1. The minimum atomic E-state index is 0.415. The van der Waals surface area contributed by atoms with Crippen LogP contribution in [-0.4, -0.2) is 29.6 Å². The number of hydrogen-bond acceptors (Lipinski definition) is 2. The van der Waals surface area contributed by atoms with E-state index < -0.39 is 0 Å². The molecule has 1 aromatic rings. The zero-order valence-corrected chi connectivity index (χ0v) is 13.2. The first kappa shape index (κ1) is 13.6. The summed E-state index contributed by atoms with van der Waals surface area (Å²) in [4.78, 5) is 2.70. The molecule has 0 saturated carbocycles. The van der Waals surface area contributed by atoms with Gasteiger partial charge in [-0.25, -0.2) is 0 Å². The van der Waals surface area contributed by atoms with Gasteiger partial charge in [0.25, 0.3) is 0 Å². The number of hydrogen-bond donors (Lipinski definition) is 1. The van der Waals surface area contributed by atoms with Crippen molar-refractivity contribution in [2.45, 2.75) is 57.2 Å². The van der Waals surface area contributed by atoms with Gasteiger partial charge in [0.1, 0.15) is 0 Å². The number of nitrogens with zero attached hydrogens (tertiary/aromatic N) is 1. The second-order valence-corrected chi connectivity index (χ2v) is 7.10. The Morgan fingerprint density at radius 2 is 2.11 bits per heavy atom. The number of aryl methyl sites for hydroxylation is 1. The van der Waals surface area contributed by atoms with E-state index >= 15 is 0 Å². The van der Waals surface area contributed by atoms with E-state index in [4.69, 9.17) is 5.73 Å². The van der Waals surface area contributed by atoms with Crippen LogP contribution in [0.2, 0.25) is 0 Å². The summed E-state index contributed by atoms with van der Waals surface area (Å²) < 4.78 is 1.21. The van der Waals surface area contributed by atoms with Gasteiger partial charge in [0.05, 0.1) is 0 Å². The molecule has 3 heteroatoms. The summed E-state index contributed by atoms with van der Waals surface area (Å²) in [6, 6.07) is 8.55. The molecule has 1 heterocycles. The SMILES string of the molecule is CC1CC(N)CCN1C1CCc2cc(Br)ccc2C1. The second-order valence-electron chi connectivity index (χ2n) is 6.18. The maximum Gasteiger partial charge on any atom is 0.0178 e. The highest BCUT2D eigenvalue weighted by Crippen LogP contribution is 2.30. The Bertz CT molecular complexity index is 460. The van der Waals surface area contributed by atoms with Gasteiger partial charge in [0, 0.05) is 29.1 Å². The maximum absolute atomic E-state index is 6.08. The summed E-state index contributed by atoms with van der Waals surface area (Å²) in [5.74, 6) is 0. The van der Waals surface area contributed by atoms with Gasteiger partial charge in [-0.1, -0.05) is 22.0 Å². The van der Waals surface area contributed by atoms with Crippen molar-refractivity contribution in [3.63, 3.8) is 0 Å². The average molecular weight is 323 g/mol. The van der Waals surface area contributed by atoms with Crippen LogP contribution in [0.4, 0.5) is 0 Å². The van der Waals surface area contributed by atoms with Crippen LogP contribution in [0.3, 0.4) is 0 Å². The number of piperidine rings is 1. The molecule has 2 nitrogen and oxygen atoms in total. The summed E-state index contributed by atoms with van der Waals surface area (Å²) in [6.07, 6.45) is 6.04. The van der Waals surface area contributed by atoms with E-state index in [-0.39, 0.29) is 0 Å². The zero-order chi connectivity index (χ0) is 13.4. The molecule has 3 unspecified atom stereocenters. The molecule has 2 aliphatic rings. The third-order valence-electron chi connectivity index (χ3n) is 4.81. The summed E-state index contributed by atoms with van der Waals surface area (Å²) >= 11 is 3.57. The second kappa shape index (κ2) is 5.55. The molecule has 0 aromatic heterocycles. The molecular formula is C16H23BrN2. The van der Waals surface area contributed by atoms with Gasteiger partial charge in [-0.3, -0.25) is 4.90 Å². The standard InChI is InChI=1S/C16H23BrN2/c1-11-8-15(18)6-7-19(11)16-5-3-12-9-14(17)4-2-13(12)10-16/h2,4,9,11,15-16H,3,5-8,10,18H2,1H3. The van der Waals surface area contributed by atoms with E-state index in [0.717, 1.165) is 18.9 Å². The smallest absolute Gasteiger partial charge is 0.0178 e. The minimum Gasteiger partial charge on any atom is -0.328 e. The molecule has 1 aliphatic carbocycles. The van der Waals surface area contributed by atoms with E-state index in [1.807, 2.05) is 0 Å². The molecule has 0 amide bonds. The summed E-state index contributed by atoms with van der Waals surface area (Å²) in [5.41, 5.74) is 9.16. The first-order valence-corrected chi connectivity index (χ1v) is 8.21. The fourth-order valence-electron chi connectivity index (χ4n) is 3.76. The maximum atomic E-state index is 6.08. The van der Waals surface area contributed by atoms with Crippen molar-refractivity contribution >= 4 is 15.9 Å². The molecule has 1 fully saturated rings. The molecule has 2 N–H and O–H groups in total. The Balaban J connectivity index is 1.73. The Labute approximate surface area is 124 Å². The van der Waals surface area contributed by atoms with Crippen molar-refractivity contribution in [3.8, 4) is 0 Å². The third kappa shape index (κ3) is 2.88. The summed E-state index contributed by atoms with van der Waals surface area (Å²) in [7, 11) is 0. The number of halogens is 1. The Hall–Kier alpha value is -0.380. The number of benzene rings is 1. The van der Waals surface area contributed by atoms with Crippen LogP contribution in [-0.2, 0) is 12.8 Å². The van der Waals surface area contributed by atoms with Crippen LogP contribution >= 0.6 is 15.9 Å². The Kier molecular flexibility index (Phi) is 3.97. The van der Waals surface area contributed by atoms with Crippen LogP contribution in [0.15, 0.2) is 22.7 Å².